The molecule has 5 atom stereocenters. The van der Waals surface area contributed by atoms with Crippen LogP contribution in [-0.4, -0.2) is 92.5 Å². The van der Waals surface area contributed by atoms with Gasteiger partial charge in [-0.25, -0.2) is 17.9 Å². The van der Waals surface area contributed by atoms with Gasteiger partial charge in [-0.3, -0.25) is 4.79 Å². The van der Waals surface area contributed by atoms with Crippen LogP contribution in [-0.2, 0) is 9.47 Å². The van der Waals surface area contributed by atoms with Crippen LogP contribution in [0.15, 0.2) is 48.7 Å². The lowest BCUT2D eigenvalue weighted by molar-refractivity contribution is -0.239. The highest BCUT2D eigenvalue weighted by Gasteiger charge is 2.49. The maximum Gasteiger partial charge on any atom is 0.256 e. The molecule has 0 bridgehead atoms. The average molecular weight is 522 g/mol. The predicted octanol–water partition coefficient (Wildman–Crippen LogP) is 1.13. The molecule has 1 aliphatic heterocycles. The summed E-state index contributed by atoms with van der Waals surface area (Å²) in [5.74, 6) is -3.69. The van der Waals surface area contributed by atoms with E-state index in [-0.39, 0.29) is 24.4 Å². The number of hydrogen-bond donors (Lipinski definition) is 3. The lowest BCUT2D eigenvalue weighted by Gasteiger charge is -2.46. The first kappa shape index (κ1) is 26.7. The molecular weight excluding hydrogens is 497 g/mol. The highest BCUT2D eigenvalue weighted by atomic mass is 19.2. The fraction of sp³-hybridized carbons (Fsp3) is 0.375. The van der Waals surface area contributed by atoms with E-state index in [2.05, 4.69) is 10.3 Å². The van der Waals surface area contributed by atoms with Gasteiger partial charge in [-0.2, -0.15) is 0 Å². The number of aliphatic hydroxyl groups excluding tert-OH is 3. The third-order valence-electron chi connectivity index (χ3n) is 6.07. The van der Waals surface area contributed by atoms with Gasteiger partial charge < -0.3 is 29.7 Å². The van der Waals surface area contributed by atoms with E-state index >= 15 is 0 Å². The summed E-state index contributed by atoms with van der Waals surface area (Å²) in [4.78, 5) is 14.3. The van der Waals surface area contributed by atoms with Gasteiger partial charge in [0.2, 0.25) is 0 Å². The van der Waals surface area contributed by atoms with Crippen molar-refractivity contribution in [1.29, 1.82) is 0 Å². The van der Waals surface area contributed by atoms with E-state index in [1.807, 2.05) is 0 Å². The standard InChI is InChI=1S/C24H25F3N4O6/c1-36-8-7-30(23(35)14-5-6-16(26)17(27)10-14)24-22(34)20(21(33)19(12-32)37-24)31-11-18(28-29-31)13-3-2-4-15(25)9-13/h2-6,9-11,19-22,24,32-34H,7-8,12H2,1H3/t19?,20-,21-,22?,24+/m0/s1. The minimum Gasteiger partial charge on any atom is -0.394 e. The van der Waals surface area contributed by atoms with Crippen molar-refractivity contribution in [2.75, 3.05) is 26.9 Å². The number of aromatic nitrogens is 3. The lowest BCUT2D eigenvalue weighted by atomic mass is 9.94. The molecule has 0 spiro atoms. The van der Waals surface area contributed by atoms with Crippen LogP contribution in [0, 0.1) is 17.5 Å². The van der Waals surface area contributed by atoms with Gasteiger partial charge in [-0.15, -0.1) is 5.10 Å². The number of nitrogens with zero attached hydrogens (tertiary/aromatic N) is 4. The zero-order valence-corrected chi connectivity index (χ0v) is 19.6. The Kier molecular flexibility index (Phi) is 8.19. The van der Waals surface area contributed by atoms with E-state index in [0.717, 1.165) is 21.7 Å². The molecule has 0 saturated carbocycles. The SMILES string of the molecule is COCCN(C(=O)c1ccc(F)c(F)c1)[C@@H]1OC(CO)[C@H](O)[C@H](n2cc(-c3cccc(F)c3)nn2)C1O. The number of benzene rings is 2. The number of rotatable bonds is 8. The molecule has 37 heavy (non-hydrogen) atoms. The largest absolute Gasteiger partial charge is 0.394 e. The molecule has 1 aliphatic rings. The Bertz CT molecular complexity index is 1240. The van der Waals surface area contributed by atoms with Crippen LogP contribution < -0.4 is 0 Å². The van der Waals surface area contributed by atoms with Crippen LogP contribution >= 0.6 is 0 Å². The molecular formula is C24H25F3N4O6. The normalized spacial score (nSPS) is 23.7. The van der Waals surface area contributed by atoms with Gasteiger partial charge in [0.05, 0.1) is 19.4 Å². The van der Waals surface area contributed by atoms with E-state index in [1.54, 1.807) is 6.07 Å². The summed E-state index contributed by atoms with van der Waals surface area (Å²) in [7, 11) is 1.38. The molecule has 1 aromatic heterocycles. The maximum absolute atomic E-state index is 13.8. The third-order valence-corrected chi connectivity index (χ3v) is 6.07. The van der Waals surface area contributed by atoms with Crippen LogP contribution in [0.5, 0.6) is 0 Å². The molecule has 10 nitrogen and oxygen atoms in total. The van der Waals surface area contributed by atoms with Crippen LogP contribution in [0.3, 0.4) is 0 Å². The van der Waals surface area contributed by atoms with E-state index in [1.165, 1.54) is 31.5 Å². The van der Waals surface area contributed by atoms with Crippen molar-refractivity contribution in [2.45, 2.75) is 30.6 Å². The van der Waals surface area contributed by atoms with E-state index < -0.39 is 60.5 Å². The topological polar surface area (TPSA) is 130 Å². The molecule has 2 heterocycles. The Morgan fingerprint density at radius 2 is 1.92 bits per heavy atom. The van der Waals surface area contributed by atoms with E-state index in [0.29, 0.717) is 11.6 Å². The van der Waals surface area contributed by atoms with Crippen LogP contribution in [0.1, 0.15) is 16.4 Å². The van der Waals surface area contributed by atoms with Crippen molar-refractivity contribution >= 4 is 5.91 Å². The molecule has 3 N–H and O–H groups in total. The number of amides is 1. The molecule has 1 saturated heterocycles. The Hall–Kier alpha value is -3.36. The summed E-state index contributed by atoms with van der Waals surface area (Å²) >= 11 is 0. The van der Waals surface area contributed by atoms with Crippen molar-refractivity contribution in [1.82, 2.24) is 19.9 Å². The summed E-state index contributed by atoms with van der Waals surface area (Å²) in [5.41, 5.74) is 0.424. The number of aliphatic hydroxyl groups is 3. The van der Waals surface area contributed by atoms with Gasteiger partial charge in [0.1, 0.15) is 35.9 Å². The molecule has 0 radical (unpaired) electrons. The quantitative estimate of drug-likeness (QED) is 0.402. The summed E-state index contributed by atoms with van der Waals surface area (Å²) in [6.07, 6.45) is -4.45. The molecule has 4 rings (SSSR count). The minimum atomic E-state index is -1.62. The zero-order valence-electron chi connectivity index (χ0n) is 19.6. The first-order valence-corrected chi connectivity index (χ1v) is 11.3. The smallest absolute Gasteiger partial charge is 0.256 e. The molecule has 13 heteroatoms. The first-order valence-electron chi connectivity index (χ1n) is 11.3. The van der Waals surface area contributed by atoms with Crippen molar-refractivity contribution in [3.05, 3.63) is 71.7 Å². The second-order valence-corrected chi connectivity index (χ2v) is 8.43. The highest BCUT2D eigenvalue weighted by molar-refractivity contribution is 5.94. The van der Waals surface area contributed by atoms with E-state index in [4.69, 9.17) is 9.47 Å². The summed E-state index contributed by atoms with van der Waals surface area (Å²) in [5, 5.41) is 39.9. The highest BCUT2D eigenvalue weighted by Crippen LogP contribution is 2.33. The van der Waals surface area contributed by atoms with E-state index in [9.17, 15) is 33.3 Å². The van der Waals surface area contributed by atoms with Crippen molar-refractivity contribution in [2.24, 2.45) is 0 Å². The van der Waals surface area contributed by atoms with Crippen LogP contribution in [0.4, 0.5) is 13.2 Å². The molecule has 0 aliphatic carbocycles. The van der Waals surface area contributed by atoms with Gasteiger partial charge in [0.15, 0.2) is 17.9 Å². The van der Waals surface area contributed by atoms with Gasteiger partial charge in [0.25, 0.3) is 5.91 Å². The second-order valence-electron chi connectivity index (χ2n) is 8.43. The summed E-state index contributed by atoms with van der Waals surface area (Å²) in [6, 6.07) is 6.90. The number of carbonyl (C=O) groups excluding carboxylic acids is 1. The number of halogens is 3. The fourth-order valence-corrected chi connectivity index (χ4v) is 4.18. The van der Waals surface area contributed by atoms with Gasteiger partial charge in [0, 0.05) is 24.8 Å². The van der Waals surface area contributed by atoms with Crippen molar-refractivity contribution < 1.29 is 42.8 Å². The molecule has 1 fully saturated rings. The molecule has 198 valence electrons. The van der Waals surface area contributed by atoms with Gasteiger partial charge in [-0.1, -0.05) is 17.3 Å². The Labute approximate surface area is 209 Å². The Morgan fingerprint density at radius 3 is 2.59 bits per heavy atom. The summed E-state index contributed by atoms with van der Waals surface area (Å²) < 4.78 is 52.8. The van der Waals surface area contributed by atoms with Crippen LogP contribution in [0.25, 0.3) is 11.3 Å². The maximum atomic E-state index is 13.8. The zero-order chi connectivity index (χ0) is 26.7. The summed E-state index contributed by atoms with van der Waals surface area (Å²) in [6.45, 7) is -0.821. The van der Waals surface area contributed by atoms with Crippen molar-refractivity contribution in [3.63, 3.8) is 0 Å². The second kappa shape index (κ2) is 11.4. The minimum absolute atomic E-state index is 0.00788. The van der Waals surface area contributed by atoms with Crippen molar-refractivity contribution in [3.8, 4) is 11.3 Å². The molecule has 1 amide bonds. The molecule has 3 aromatic rings. The number of ether oxygens (including phenoxy) is 2. The monoisotopic (exact) mass is 522 g/mol. The Morgan fingerprint density at radius 1 is 1.14 bits per heavy atom. The first-order chi connectivity index (χ1) is 17.7. The molecule has 2 unspecified atom stereocenters. The number of methoxy groups -OCH3 is 1. The van der Waals surface area contributed by atoms with Gasteiger partial charge in [-0.05, 0) is 30.3 Å². The van der Waals surface area contributed by atoms with Gasteiger partial charge >= 0.3 is 0 Å². The van der Waals surface area contributed by atoms with Crippen LogP contribution in [0.2, 0.25) is 0 Å². The number of carbonyl (C=O) groups is 1. The molecule has 2 aromatic carbocycles. The lowest BCUT2D eigenvalue weighted by Crippen LogP contribution is -2.62. The average Bonchev–Trinajstić information content (AvgIpc) is 3.36. The Balaban J connectivity index is 1.69. The fourth-order valence-electron chi connectivity index (χ4n) is 4.18. The predicted molar refractivity (Wildman–Crippen MR) is 121 cm³/mol. The number of hydrogen-bond acceptors (Lipinski definition) is 8. The third kappa shape index (κ3) is 5.50.